The lowest BCUT2D eigenvalue weighted by Gasteiger charge is -2.10. The molecule has 3 unspecified atom stereocenters. The predicted octanol–water partition coefficient (Wildman–Crippen LogP) is 2.52. The van der Waals surface area contributed by atoms with E-state index in [9.17, 15) is 4.39 Å². The van der Waals surface area contributed by atoms with Crippen LogP contribution in [0.15, 0.2) is 24.3 Å². The fourth-order valence-corrected chi connectivity index (χ4v) is 2.17. The van der Waals surface area contributed by atoms with Crippen molar-refractivity contribution >= 4 is 0 Å². The molecule has 1 nitrogen and oxygen atoms in total. The number of halogens is 1. The van der Waals surface area contributed by atoms with E-state index in [1.165, 1.54) is 24.1 Å². The number of hydrogen-bond donors (Lipinski definition) is 1. The molecule has 3 atom stereocenters. The van der Waals surface area contributed by atoms with Crippen LogP contribution in [0, 0.1) is 17.7 Å². The Kier molecular flexibility index (Phi) is 2.55. The summed E-state index contributed by atoms with van der Waals surface area (Å²) in [5.74, 6) is 1.76. The highest BCUT2D eigenvalue weighted by atomic mass is 19.1. The molecular formula is C12H16FN. The van der Waals surface area contributed by atoms with Gasteiger partial charge < -0.3 is 5.73 Å². The Labute approximate surface area is 84.1 Å². The maximum atomic E-state index is 12.7. The summed E-state index contributed by atoms with van der Waals surface area (Å²) in [5.41, 5.74) is 6.83. The molecule has 14 heavy (non-hydrogen) atoms. The molecule has 0 radical (unpaired) electrons. The summed E-state index contributed by atoms with van der Waals surface area (Å²) in [7, 11) is 0. The average molecular weight is 193 g/mol. The van der Waals surface area contributed by atoms with E-state index in [0.29, 0.717) is 17.8 Å². The van der Waals surface area contributed by atoms with Gasteiger partial charge in [-0.15, -0.1) is 0 Å². The molecule has 0 aromatic heterocycles. The molecule has 1 aliphatic carbocycles. The molecule has 2 heteroatoms. The summed E-state index contributed by atoms with van der Waals surface area (Å²) in [6, 6.07) is 6.83. The molecule has 2 rings (SSSR count). The van der Waals surface area contributed by atoms with Crippen LogP contribution in [-0.4, -0.2) is 6.54 Å². The number of rotatable bonds is 3. The zero-order chi connectivity index (χ0) is 10.1. The van der Waals surface area contributed by atoms with E-state index in [1.807, 2.05) is 12.1 Å². The molecule has 1 saturated carbocycles. The zero-order valence-corrected chi connectivity index (χ0v) is 8.41. The van der Waals surface area contributed by atoms with Crippen LogP contribution in [0.1, 0.15) is 24.8 Å². The van der Waals surface area contributed by atoms with Gasteiger partial charge in [-0.25, -0.2) is 4.39 Å². The Morgan fingerprint density at radius 1 is 1.43 bits per heavy atom. The van der Waals surface area contributed by atoms with Gasteiger partial charge in [-0.2, -0.15) is 0 Å². The van der Waals surface area contributed by atoms with Gasteiger partial charge in [0, 0.05) is 0 Å². The van der Waals surface area contributed by atoms with Crippen LogP contribution in [0.25, 0.3) is 0 Å². The second-order valence-electron chi connectivity index (χ2n) is 4.24. The molecule has 0 spiro atoms. The number of benzene rings is 1. The summed E-state index contributed by atoms with van der Waals surface area (Å²) in [5, 5.41) is 0. The van der Waals surface area contributed by atoms with Gasteiger partial charge in [0.25, 0.3) is 0 Å². The molecule has 0 heterocycles. The van der Waals surface area contributed by atoms with Crippen molar-refractivity contribution in [2.45, 2.75) is 19.3 Å². The number of hydrogen-bond acceptors (Lipinski definition) is 1. The van der Waals surface area contributed by atoms with Crippen LogP contribution < -0.4 is 5.73 Å². The monoisotopic (exact) mass is 193 g/mol. The van der Waals surface area contributed by atoms with Gasteiger partial charge in [0.2, 0.25) is 0 Å². The van der Waals surface area contributed by atoms with Gasteiger partial charge in [0.15, 0.2) is 0 Å². The molecule has 1 aliphatic rings. The predicted molar refractivity (Wildman–Crippen MR) is 55.5 cm³/mol. The highest BCUT2D eigenvalue weighted by Gasteiger charge is 2.40. The van der Waals surface area contributed by atoms with E-state index in [2.05, 4.69) is 6.92 Å². The minimum Gasteiger partial charge on any atom is -0.330 e. The molecule has 1 aromatic carbocycles. The Hall–Kier alpha value is -0.890. The molecular weight excluding hydrogens is 177 g/mol. The topological polar surface area (TPSA) is 26.0 Å². The molecule has 0 saturated heterocycles. The average Bonchev–Trinajstić information content (AvgIpc) is 2.97. The number of nitrogens with two attached hydrogens (primary N) is 1. The van der Waals surface area contributed by atoms with Crippen molar-refractivity contribution < 1.29 is 4.39 Å². The lowest BCUT2D eigenvalue weighted by atomic mass is 9.95. The normalized spacial score (nSPS) is 27.4. The van der Waals surface area contributed by atoms with Crippen molar-refractivity contribution in [3.05, 3.63) is 35.6 Å². The van der Waals surface area contributed by atoms with Gasteiger partial charge in [0.1, 0.15) is 5.82 Å². The second-order valence-corrected chi connectivity index (χ2v) is 4.24. The van der Waals surface area contributed by atoms with Crippen LogP contribution in [0.3, 0.4) is 0 Å². The van der Waals surface area contributed by atoms with Gasteiger partial charge in [0.05, 0.1) is 0 Å². The first kappa shape index (κ1) is 9.66. The summed E-state index contributed by atoms with van der Waals surface area (Å²) < 4.78 is 12.7. The van der Waals surface area contributed by atoms with Crippen molar-refractivity contribution in [2.75, 3.05) is 6.54 Å². The van der Waals surface area contributed by atoms with Crippen LogP contribution >= 0.6 is 0 Å². The molecule has 2 N–H and O–H groups in total. The molecule has 1 aromatic rings. The molecule has 1 fully saturated rings. The lowest BCUT2D eigenvalue weighted by molar-refractivity contribution is 0.595. The summed E-state index contributed by atoms with van der Waals surface area (Å²) in [4.78, 5) is 0. The lowest BCUT2D eigenvalue weighted by Crippen LogP contribution is -2.06. The van der Waals surface area contributed by atoms with Crippen LogP contribution in [-0.2, 0) is 0 Å². The highest BCUT2D eigenvalue weighted by Crippen LogP contribution is 2.47. The van der Waals surface area contributed by atoms with E-state index in [4.69, 9.17) is 5.73 Å². The van der Waals surface area contributed by atoms with E-state index < -0.39 is 0 Å². The maximum Gasteiger partial charge on any atom is 0.123 e. The third kappa shape index (κ3) is 1.80. The summed E-state index contributed by atoms with van der Waals surface area (Å²) >= 11 is 0. The van der Waals surface area contributed by atoms with Crippen LogP contribution in [0.2, 0.25) is 0 Å². The van der Waals surface area contributed by atoms with Crippen LogP contribution in [0.4, 0.5) is 4.39 Å². The van der Waals surface area contributed by atoms with Crippen molar-refractivity contribution in [3.8, 4) is 0 Å². The van der Waals surface area contributed by atoms with Crippen molar-refractivity contribution in [2.24, 2.45) is 17.6 Å². The molecule has 0 amide bonds. The summed E-state index contributed by atoms with van der Waals surface area (Å²) in [6.07, 6.45) is 1.23. The van der Waals surface area contributed by atoms with Gasteiger partial charge in [-0.1, -0.05) is 19.1 Å². The van der Waals surface area contributed by atoms with Crippen molar-refractivity contribution in [1.29, 1.82) is 0 Å². The SMILES string of the molecule is CC(c1ccc(F)cc1)C1CC1CN. The summed E-state index contributed by atoms with van der Waals surface area (Å²) in [6.45, 7) is 2.99. The van der Waals surface area contributed by atoms with E-state index in [0.717, 1.165) is 6.54 Å². The van der Waals surface area contributed by atoms with E-state index in [1.54, 1.807) is 0 Å². The maximum absolute atomic E-state index is 12.7. The second kappa shape index (κ2) is 3.70. The first-order valence-electron chi connectivity index (χ1n) is 5.18. The molecule has 0 bridgehead atoms. The van der Waals surface area contributed by atoms with Gasteiger partial charge in [-0.05, 0) is 48.4 Å². The molecule has 76 valence electrons. The standard InChI is InChI=1S/C12H16FN/c1-8(12-6-10(12)7-14)9-2-4-11(13)5-3-9/h2-5,8,10,12H,6-7,14H2,1H3. The fourth-order valence-electron chi connectivity index (χ4n) is 2.17. The van der Waals surface area contributed by atoms with E-state index >= 15 is 0 Å². The largest absolute Gasteiger partial charge is 0.330 e. The zero-order valence-electron chi connectivity index (χ0n) is 8.41. The molecule has 0 aliphatic heterocycles. The minimum absolute atomic E-state index is 0.160. The van der Waals surface area contributed by atoms with Gasteiger partial charge in [-0.3, -0.25) is 0 Å². The first-order valence-corrected chi connectivity index (χ1v) is 5.18. The van der Waals surface area contributed by atoms with E-state index in [-0.39, 0.29) is 5.82 Å². The smallest absolute Gasteiger partial charge is 0.123 e. The Bertz CT molecular complexity index is 307. The van der Waals surface area contributed by atoms with Gasteiger partial charge >= 0.3 is 0 Å². The van der Waals surface area contributed by atoms with Crippen molar-refractivity contribution in [1.82, 2.24) is 0 Å². The minimum atomic E-state index is -0.160. The van der Waals surface area contributed by atoms with Crippen molar-refractivity contribution in [3.63, 3.8) is 0 Å². The quantitative estimate of drug-likeness (QED) is 0.784. The Balaban J connectivity index is 2.05. The third-order valence-electron chi connectivity index (χ3n) is 3.32. The van der Waals surface area contributed by atoms with Crippen LogP contribution in [0.5, 0.6) is 0 Å². The highest BCUT2D eigenvalue weighted by molar-refractivity contribution is 5.22. The third-order valence-corrected chi connectivity index (χ3v) is 3.32. The fraction of sp³-hybridized carbons (Fsp3) is 0.500. The first-order chi connectivity index (χ1) is 6.72. The Morgan fingerprint density at radius 3 is 2.57 bits per heavy atom. The Morgan fingerprint density at radius 2 is 2.07 bits per heavy atom.